The van der Waals surface area contributed by atoms with E-state index in [1.807, 2.05) is 12.1 Å². The summed E-state index contributed by atoms with van der Waals surface area (Å²) in [5.74, 6) is 0.782. The van der Waals surface area contributed by atoms with Crippen molar-refractivity contribution in [1.29, 1.82) is 5.26 Å². The van der Waals surface area contributed by atoms with Crippen molar-refractivity contribution in [3.05, 3.63) is 42.4 Å². The summed E-state index contributed by atoms with van der Waals surface area (Å²) in [6, 6.07) is 9.41. The predicted molar refractivity (Wildman–Crippen MR) is 80.2 cm³/mol. The van der Waals surface area contributed by atoms with Crippen LogP contribution in [0.25, 0.3) is 16.7 Å². The second kappa shape index (κ2) is 5.59. The molecule has 21 heavy (non-hydrogen) atoms. The molecule has 0 saturated carbocycles. The number of benzene rings is 1. The maximum Gasteiger partial charge on any atom is 0.168 e. The third-order valence-corrected chi connectivity index (χ3v) is 3.13. The molecule has 3 aromatic rings. The lowest BCUT2D eigenvalue weighted by molar-refractivity contribution is 0.894. The van der Waals surface area contributed by atoms with E-state index in [9.17, 15) is 0 Å². The van der Waals surface area contributed by atoms with Gasteiger partial charge in [0.25, 0.3) is 0 Å². The molecule has 0 amide bonds. The second-order valence-electron chi connectivity index (χ2n) is 4.60. The molecule has 0 aliphatic rings. The minimum absolute atomic E-state index is 0.592. The summed E-state index contributed by atoms with van der Waals surface area (Å²) in [5, 5.41) is 17.5. The third-order valence-electron chi connectivity index (χ3n) is 3.13. The normalized spacial score (nSPS) is 10.5. The van der Waals surface area contributed by atoms with Crippen LogP contribution in [-0.2, 0) is 0 Å². The summed E-state index contributed by atoms with van der Waals surface area (Å²) in [6.45, 7) is 2.95. The Labute approximate surface area is 122 Å². The Hall–Kier alpha value is -2.94. The first-order valence-corrected chi connectivity index (χ1v) is 6.76. The first kappa shape index (κ1) is 13.1. The van der Waals surface area contributed by atoms with E-state index in [2.05, 4.69) is 33.4 Å². The number of anilines is 1. The minimum Gasteiger partial charge on any atom is -0.369 e. The average molecular weight is 278 g/mol. The lowest BCUT2D eigenvalue weighted by Gasteiger charge is -2.05. The second-order valence-corrected chi connectivity index (χ2v) is 4.60. The zero-order valence-electron chi connectivity index (χ0n) is 11.6. The van der Waals surface area contributed by atoms with Crippen LogP contribution in [0.5, 0.6) is 0 Å². The van der Waals surface area contributed by atoms with Gasteiger partial charge in [0.1, 0.15) is 12.1 Å². The van der Waals surface area contributed by atoms with E-state index >= 15 is 0 Å². The van der Waals surface area contributed by atoms with Gasteiger partial charge in [-0.05, 0) is 24.6 Å². The molecule has 3 rings (SSSR count). The number of fused-ring (bicyclic) bond motifs is 1. The van der Waals surface area contributed by atoms with Gasteiger partial charge in [0.05, 0.1) is 28.9 Å². The lowest BCUT2D eigenvalue weighted by atomic mass is 10.2. The van der Waals surface area contributed by atoms with Crippen LogP contribution in [0.3, 0.4) is 0 Å². The Balaban J connectivity index is 2.10. The van der Waals surface area contributed by atoms with Crippen LogP contribution >= 0.6 is 0 Å². The monoisotopic (exact) mass is 278 g/mol. The van der Waals surface area contributed by atoms with E-state index in [0.717, 1.165) is 35.5 Å². The molecule has 6 nitrogen and oxygen atoms in total. The molecule has 0 spiro atoms. The van der Waals surface area contributed by atoms with Crippen molar-refractivity contribution in [2.24, 2.45) is 0 Å². The summed E-state index contributed by atoms with van der Waals surface area (Å²) in [4.78, 5) is 8.57. The molecular weight excluding hydrogens is 264 g/mol. The van der Waals surface area contributed by atoms with E-state index in [0.29, 0.717) is 5.56 Å². The number of rotatable bonds is 4. The fraction of sp³-hybridized carbons (Fsp3) is 0.200. The SMILES string of the molecule is CCCNc1ncnc2c1cnn2-c1cccc(C#N)c1. The highest BCUT2D eigenvalue weighted by Crippen LogP contribution is 2.21. The molecule has 0 aliphatic heterocycles. The number of hydrogen-bond acceptors (Lipinski definition) is 5. The predicted octanol–water partition coefficient (Wildman–Crippen LogP) is 2.51. The highest BCUT2D eigenvalue weighted by atomic mass is 15.3. The zero-order chi connectivity index (χ0) is 14.7. The van der Waals surface area contributed by atoms with Gasteiger partial charge in [-0.1, -0.05) is 13.0 Å². The molecular formula is C15H14N6. The van der Waals surface area contributed by atoms with Gasteiger partial charge in [-0.15, -0.1) is 0 Å². The van der Waals surface area contributed by atoms with Crippen molar-refractivity contribution < 1.29 is 0 Å². The lowest BCUT2D eigenvalue weighted by Crippen LogP contribution is -2.03. The van der Waals surface area contributed by atoms with Gasteiger partial charge in [-0.2, -0.15) is 10.4 Å². The Bertz CT molecular complexity index is 814. The molecule has 0 unspecified atom stereocenters. The fourth-order valence-corrected chi connectivity index (χ4v) is 2.12. The van der Waals surface area contributed by atoms with Crippen molar-refractivity contribution in [3.8, 4) is 11.8 Å². The van der Waals surface area contributed by atoms with Crippen molar-refractivity contribution >= 4 is 16.9 Å². The molecule has 1 N–H and O–H groups in total. The van der Waals surface area contributed by atoms with Crippen LogP contribution in [0.4, 0.5) is 5.82 Å². The molecule has 0 aliphatic carbocycles. The topological polar surface area (TPSA) is 79.4 Å². The highest BCUT2D eigenvalue weighted by molar-refractivity contribution is 5.87. The number of nitrogens with one attached hydrogen (secondary N) is 1. The molecule has 0 radical (unpaired) electrons. The first-order valence-electron chi connectivity index (χ1n) is 6.76. The van der Waals surface area contributed by atoms with E-state index in [1.165, 1.54) is 6.33 Å². The molecule has 0 atom stereocenters. The fourth-order valence-electron chi connectivity index (χ4n) is 2.12. The van der Waals surface area contributed by atoms with Crippen LogP contribution in [0.1, 0.15) is 18.9 Å². The van der Waals surface area contributed by atoms with Crippen LogP contribution in [0.2, 0.25) is 0 Å². The van der Waals surface area contributed by atoms with Gasteiger partial charge in [0.2, 0.25) is 0 Å². The molecule has 1 aromatic carbocycles. The number of hydrogen-bond donors (Lipinski definition) is 1. The summed E-state index contributed by atoms with van der Waals surface area (Å²) >= 11 is 0. The Morgan fingerprint density at radius 3 is 3.05 bits per heavy atom. The maximum absolute atomic E-state index is 9.00. The van der Waals surface area contributed by atoms with Crippen LogP contribution in [0.15, 0.2) is 36.8 Å². The standard InChI is InChI=1S/C15H14N6/c1-2-6-17-14-13-9-20-21(15(13)19-10-18-14)12-5-3-4-11(7-12)8-16/h3-5,7,9-10H,2,6H2,1H3,(H,17,18,19). The summed E-state index contributed by atoms with van der Waals surface area (Å²) in [5.41, 5.74) is 2.12. The Morgan fingerprint density at radius 1 is 1.33 bits per heavy atom. The highest BCUT2D eigenvalue weighted by Gasteiger charge is 2.10. The van der Waals surface area contributed by atoms with Gasteiger partial charge < -0.3 is 5.32 Å². The van der Waals surface area contributed by atoms with Crippen molar-refractivity contribution in [2.75, 3.05) is 11.9 Å². The molecule has 6 heteroatoms. The molecule has 2 aromatic heterocycles. The van der Waals surface area contributed by atoms with E-state index < -0.39 is 0 Å². The largest absolute Gasteiger partial charge is 0.369 e. The van der Waals surface area contributed by atoms with E-state index in [-0.39, 0.29) is 0 Å². The van der Waals surface area contributed by atoms with Crippen molar-refractivity contribution in [1.82, 2.24) is 19.7 Å². The smallest absolute Gasteiger partial charge is 0.168 e. The van der Waals surface area contributed by atoms with Gasteiger partial charge in [-0.25, -0.2) is 14.6 Å². The zero-order valence-corrected chi connectivity index (χ0v) is 11.6. The van der Waals surface area contributed by atoms with E-state index in [1.54, 1.807) is 23.0 Å². The van der Waals surface area contributed by atoms with Gasteiger partial charge in [-0.3, -0.25) is 0 Å². The van der Waals surface area contributed by atoms with Crippen molar-refractivity contribution in [3.63, 3.8) is 0 Å². The quantitative estimate of drug-likeness (QED) is 0.793. The minimum atomic E-state index is 0.592. The third kappa shape index (κ3) is 2.41. The van der Waals surface area contributed by atoms with Crippen LogP contribution in [-0.4, -0.2) is 26.3 Å². The number of aromatic nitrogens is 4. The summed E-state index contributed by atoms with van der Waals surface area (Å²) in [6.07, 6.45) is 4.28. The molecule has 2 heterocycles. The molecule has 0 fully saturated rings. The van der Waals surface area contributed by atoms with Crippen molar-refractivity contribution in [2.45, 2.75) is 13.3 Å². The molecule has 0 bridgehead atoms. The number of nitrogens with zero attached hydrogens (tertiary/aromatic N) is 5. The van der Waals surface area contributed by atoms with Gasteiger partial charge in [0.15, 0.2) is 5.65 Å². The Kier molecular flexibility index (Phi) is 3.48. The van der Waals surface area contributed by atoms with Crippen LogP contribution in [0, 0.1) is 11.3 Å². The number of nitriles is 1. The van der Waals surface area contributed by atoms with Crippen LogP contribution < -0.4 is 5.32 Å². The van der Waals surface area contributed by atoms with Gasteiger partial charge >= 0.3 is 0 Å². The first-order chi connectivity index (χ1) is 10.3. The summed E-state index contributed by atoms with van der Waals surface area (Å²) in [7, 11) is 0. The maximum atomic E-state index is 9.00. The Morgan fingerprint density at radius 2 is 2.24 bits per heavy atom. The average Bonchev–Trinajstić information content (AvgIpc) is 2.97. The van der Waals surface area contributed by atoms with E-state index in [4.69, 9.17) is 5.26 Å². The molecule has 0 saturated heterocycles. The summed E-state index contributed by atoms with van der Waals surface area (Å²) < 4.78 is 1.72. The van der Waals surface area contributed by atoms with Gasteiger partial charge in [0, 0.05) is 6.54 Å². The molecule has 104 valence electrons.